The summed E-state index contributed by atoms with van der Waals surface area (Å²) in [6, 6.07) is 10.7. The van der Waals surface area contributed by atoms with E-state index in [1.165, 1.54) is 12.3 Å². The van der Waals surface area contributed by atoms with Gasteiger partial charge in [0.1, 0.15) is 10.7 Å². The minimum absolute atomic E-state index is 0. The minimum Gasteiger partial charge on any atom is -0.478 e. The molecule has 0 aliphatic rings. The second-order valence-corrected chi connectivity index (χ2v) is 6.58. The number of aromatic carboxylic acids is 1. The monoisotopic (exact) mass is 362 g/mol. The number of halogens is 1. The number of hydrogen-bond donors (Lipinski definition) is 2. The highest BCUT2D eigenvalue weighted by Crippen LogP contribution is 2.25. The molecular formula is C17H15FN2O4S. The Hall–Kier alpha value is -3.00. The molecule has 0 atom stereocenters. The molecule has 6 nitrogen and oxygen atoms in total. The van der Waals surface area contributed by atoms with E-state index in [9.17, 15) is 17.6 Å². The van der Waals surface area contributed by atoms with Crippen LogP contribution in [0.1, 0.15) is 17.8 Å². The van der Waals surface area contributed by atoms with Gasteiger partial charge in [-0.25, -0.2) is 17.6 Å². The molecule has 0 saturated heterocycles. The molecule has 0 saturated carbocycles. The summed E-state index contributed by atoms with van der Waals surface area (Å²) >= 11 is 0. The number of nitrogens with one attached hydrogen (secondary N) is 1. The highest BCUT2D eigenvalue weighted by atomic mass is 32.2. The van der Waals surface area contributed by atoms with Crippen LogP contribution in [0.25, 0.3) is 10.9 Å². The summed E-state index contributed by atoms with van der Waals surface area (Å²) in [7, 11) is -4.16. The number of anilines is 1. The van der Waals surface area contributed by atoms with Crippen molar-refractivity contribution >= 4 is 32.6 Å². The maximum Gasteiger partial charge on any atom is 0.337 e. The molecule has 0 bridgehead atoms. The number of benzene rings is 2. The summed E-state index contributed by atoms with van der Waals surface area (Å²) < 4.78 is 40.8. The van der Waals surface area contributed by atoms with Crippen molar-refractivity contribution in [3.63, 3.8) is 0 Å². The van der Waals surface area contributed by atoms with Crippen molar-refractivity contribution < 1.29 is 22.7 Å². The first kappa shape index (κ1) is 18.3. The van der Waals surface area contributed by atoms with E-state index < -0.39 is 21.8 Å². The number of rotatable bonds is 4. The molecule has 3 rings (SSSR count). The number of aromatic nitrogens is 1. The average molecular weight is 362 g/mol. The fourth-order valence-corrected chi connectivity index (χ4v) is 3.53. The maximum atomic E-state index is 13.4. The standard InChI is InChI=1S/C16H11FN2O4S.CH4/c17-11-6-7-12(16(20)21)13(9-11)19-24(22,23)14-5-1-3-10-4-2-8-18-15(10)14;/h1-9,19H,(H,20,21);1H4. The first-order chi connectivity index (χ1) is 11.4. The third-order valence-electron chi connectivity index (χ3n) is 3.34. The molecule has 1 aromatic heterocycles. The normalized spacial score (nSPS) is 10.9. The summed E-state index contributed by atoms with van der Waals surface area (Å²) in [4.78, 5) is 15.1. The van der Waals surface area contributed by atoms with E-state index in [0.29, 0.717) is 5.39 Å². The highest BCUT2D eigenvalue weighted by molar-refractivity contribution is 7.93. The SMILES string of the molecule is C.O=C(O)c1ccc(F)cc1NS(=O)(=O)c1cccc2cccnc12. The van der Waals surface area contributed by atoms with Gasteiger partial charge in [-0.1, -0.05) is 25.6 Å². The smallest absolute Gasteiger partial charge is 0.337 e. The Morgan fingerprint density at radius 2 is 1.84 bits per heavy atom. The van der Waals surface area contributed by atoms with Gasteiger partial charge in [0.2, 0.25) is 0 Å². The Bertz CT molecular complexity index is 1050. The van der Waals surface area contributed by atoms with Crippen LogP contribution in [0.3, 0.4) is 0 Å². The molecule has 0 spiro atoms. The topological polar surface area (TPSA) is 96.4 Å². The lowest BCUT2D eigenvalue weighted by Gasteiger charge is -2.12. The number of carboxylic acid groups (broad SMARTS) is 1. The van der Waals surface area contributed by atoms with Crippen molar-refractivity contribution in [2.45, 2.75) is 12.3 Å². The number of pyridine rings is 1. The molecule has 8 heteroatoms. The van der Waals surface area contributed by atoms with Gasteiger partial charge in [-0.15, -0.1) is 0 Å². The van der Waals surface area contributed by atoms with Gasteiger partial charge < -0.3 is 5.11 Å². The fraction of sp³-hybridized carbons (Fsp3) is 0.0588. The third kappa shape index (κ3) is 3.58. The van der Waals surface area contributed by atoms with Crippen molar-refractivity contribution in [1.29, 1.82) is 0 Å². The predicted octanol–water partition coefficient (Wildman–Crippen LogP) is 3.51. The summed E-state index contributed by atoms with van der Waals surface area (Å²) in [5.74, 6) is -2.13. The van der Waals surface area contributed by atoms with Crippen LogP contribution in [0.4, 0.5) is 10.1 Å². The number of para-hydroxylation sites is 1. The van der Waals surface area contributed by atoms with Crippen LogP contribution in [0.5, 0.6) is 0 Å². The van der Waals surface area contributed by atoms with Gasteiger partial charge in [0.15, 0.2) is 0 Å². The lowest BCUT2D eigenvalue weighted by molar-refractivity contribution is 0.0698. The van der Waals surface area contributed by atoms with Gasteiger partial charge in [0.05, 0.1) is 16.8 Å². The van der Waals surface area contributed by atoms with E-state index in [-0.39, 0.29) is 29.1 Å². The lowest BCUT2D eigenvalue weighted by atomic mass is 10.2. The van der Waals surface area contributed by atoms with Crippen LogP contribution in [0.15, 0.2) is 59.6 Å². The van der Waals surface area contributed by atoms with E-state index in [1.807, 2.05) is 0 Å². The van der Waals surface area contributed by atoms with Crippen LogP contribution in [0, 0.1) is 5.82 Å². The number of carbonyl (C=O) groups is 1. The van der Waals surface area contributed by atoms with E-state index in [1.54, 1.807) is 24.3 Å². The summed E-state index contributed by atoms with van der Waals surface area (Å²) in [6.07, 6.45) is 1.45. The molecule has 130 valence electrons. The number of fused-ring (bicyclic) bond motifs is 1. The molecule has 0 fully saturated rings. The molecular weight excluding hydrogens is 347 g/mol. The minimum atomic E-state index is -4.16. The number of sulfonamides is 1. The Balaban J connectivity index is 0.00000225. The van der Waals surface area contributed by atoms with Crippen LogP contribution in [0.2, 0.25) is 0 Å². The zero-order chi connectivity index (χ0) is 17.3. The molecule has 2 N–H and O–H groups in total. The number of hydrogen-bond acceptors (Lipinski definition) is 4. The van der Waals surface area contributed by atoms with Gasteiger partial charge in [-0.2, -0.15) is 0 Å². The van der Waals surface area contributed by atoms with E-state index in [2.05, 4.69) is 9.71 Å². The Morgan fingerprint density at radius 1 is 1.12 bits per heavy atom. The molecule has 1 heterocycles. The average Bonchev–Trinajstić information content (AvgIpc) is 2.53. The highest BCUT2D eigenvalue weighted by Gasteiger charge is 2.21. The second kappa shape index (κ2) is 6.86. The molecule has 2 aromatic carbocycles. The van der Waals surface area contributed by atoms with Crippen molar-refractivity contribution in [3.05, 3.63) is 66.1 Å². The van der Waals surface area contributed by atoms with Crippen LogP contribution in [-0.4, -0.2) is 24.5 Å². The van der Waals surface area contributed by atoms with Gasteiger partial charge in [0, 0.05) is 11.6 Å². The summed E-state index contributed by atoms with van der Waals surface area (Å²) in [6.45, 7) is 0. The van der Waals surface area contributed by atoms with Crippen molar-refractivity contribution in [3.8, 4) is 0 Å². The number of nitrogens with zero attached hydrogens (tertiary/aromatic N) is 1. The van der Waals surface area contributed by atoms with Gasteiger partial charge in [-0.05, 0) is 30.3 Å². The molecule has 0 radical (unpaired) electrons. The Morgan fingerprint density at radius 3 is 2.56 bits per heavy atom. The predicted molar refractivity (Wildman–Crippen MR) is 92.6 cm³/mol. The van der Waals surface area contributed by atoms with Gasteiger partial charge in [0.25, 0.3) is 10.0 Å². The largest absolute Gasteiger partial charge is 0.478 e. The first-order valence-corrected chi connectivity index (χ1v) is 8.26. The van der Waals surface area contributed by atoms with Gasteiger partial charge >= 0.3 is 5.97 Å². The zero-order valence-electron chi connectivity index (χ0n) is 12.1. The first-order valence-electron chi connectivity index (χ1n) is 6.78. The molecule has 3 aromatic rings. The zero-order valence-corrected chi connectivity index (χ0v) is 12.9. The van der Waals surface area contributed by atoms with Crippen LogP contribution in [-0.2, 0) is 10.0 Å². The Labute approximate surface area is 144 Å². The van der Waals surface area contributed by atoms with E-state index in [0.717, 1.165) is 18.2 Å². The fourth-order valence-electron chi connectivity index (χ4n) is 2.28. The van der Waals surface area contributed by atoms with Crippen molar-refractivity contribution in [1.82, 2.24) is 4.98 Å². The van der Waals surface area contributed by atoms with Crippen LogP contribution < -0.4 is 4.72 Å². The van der Waals surface area contributed by atoms with E-state index >= 15 is 0 Å². The number of carboxylic acids is 1. The molecule has 0 aliphatic carbocycles. The van der Waals surface area contributed by atoms with Crippen molar-refractivity contribution in [2.24, 2.45) is 0 Å². The summed E-state index contributed by atoms with van der Waals surface area (Å²) in [5, 5.41) is 9.74. The Kier molecular flexibility index (Phi) is 5.03. The van der Waals surface area contributed by atoms with E-state index in [4.69, 9.17) is 5.11 Å². The molecule has 0 amide bonds. The van der Waals surface area contributed by atoms with Gasteiger partial charge in [-0.3, -0.25) is 9.71 Å². The second-order valence-electron chi connectivity index (χ2n) is 4.93. The maximum absolute atomic E-state index is 13.4. The lowest BCUT2D eigenvalue weighted by Crippen LogP contribution is -2.16. The molecule has 25 heavy (non-hydrogen) atoms. The third-order valence-corrected chi connectivity index (χ3v) is 4.74. The van der Waals surface area contributed by atoms with Crippen molar-refractivity contribution in [2.75, 3.05) is 4.72 Å². The molecule has 0 unspecified atom stereocenters. The van der Waals surface area contributed by atoms with Crippen LogP contribution >= 0.6 is 0 Å². The quantitative estimate of drug-likeness (QED) is 0.740. The summed E-state index contributed by atoms with van der Waals surface area (Å²) in [5.41, 5.74) is -0.468. The molecule has 0 aliphatic heterocycles.